The minimum absolute atomic E-state index is 0.271. The van der Waals surface area contributed by atoms with E-state index < -0.39 is 35.6 Å². The summed E-state index contributed by atoms with van der Waals surface area (Å²) in [5.41, 5.74) is -1.16. The summed E-state index contributed by atoms with van der Waals surface area (Å²) in [4.78, 5) is 36.7. The fourth-order valence-electron chi connectivity index (χ4n) is 3.05. The van der Waals surface area contributed by atoms with Crippen molar-refractivity contribution in [1.29, 1.82) is 0 Å². The molecule has 1 fully saturated rings. The minimum Gasteiger partial charge on any atom is -0.466 e. The van der Waals surface area contributed by atoms with E-state index in [4.69, 9.17) is 9.47 Å². The highest BCUT2D eigenvalue weighted by Crippen LogP contribution is 2.37. The maximum absolute atomic E-state index is 12.0. The van der Waals surface area contributed by atoms with E-state index in [9.17, 15) is 24.6 Å². The zero-order valence-corrected chi connectivity index (χ0v) is 14.1. The van der Waals surface area contributed by atoms with Crippen molar-refractivity contribution < 1.29 is 24.5 Å². The van der Waals surface area contributed by atoms with Crippen molar-refractivity contribution in [2.75, 3.05) is 13.2 Å². The van der Waals surface area contributed by atoms with Gasteiger partial charge in [0.2, 0.25) is 0 Å². The van der Waals surface area contributed by atoms with E-state index in [1.807, 2.05) is 0 Å². The molecule has 1 aromatic rings. The van der Waals surface area contributed by atoms with E-state index >= 15 is 0 Å². The van der Waals surface area contributed by atoms with E-state index in [1.54, 1.807) is 6.92 Å². The predicted octanol–water partition coefficient (Wildman–Crippen LogP) is -0.473. The normalized spacial score (nSPS) is 25.9. The lowest BCUT2D eigenvalue weighted by Gasteiger charge is -2.21. The summed E-state index contributed by atoms with van der Waals surface area (Å²) < 4.78 is 11.7. The third-order valence-electron chi connectivity index (χ3n) is 4.28. The first-order valence-electron chi connectivity index (χ1n) is 8.39. The lowest BCUT2D eigenvalue weighted by atomic mass is 9.93. The molecule has 3 N–H and O–H groups in total. The highest BCUT2D eigenvalue weighted by molar-refractivity contribution is 5.69. The Balaban J connectivity index is 2.05. The molecule has 1 saturated heterocycles. The molecular weight excluding hydrogens is 332 g/mol. The monoisotopic (exact) mass is 356 g/mol. The first-order chi connectivity index (χ1) is 12.0. The van der Waals surface area contributed by atoms with Crippen molar-refractivity contribution in [3.63, 3.8) is 0 Å². The molecule has 0 amide bonds. The number of carbonyl (C=O) groups excluding carboxylic acids is 1. The molecule has 1 aliphatic heterocycles. The number of aliphatic hydroxyl groups excluding tert-OH is 2. The molecule has 0 saturated carbocycles. The third-order valence-corrected chi connectivity index (χ3v) is 4.28. The number of esters is 1. The van der Waals surface area contributed by atoms with Crippen LogP contribution in [0.25, 0.3) is 0 Å². The van der Waals surface area contributed by atoms with E-state index in [-0.39, 0.29) is 19.0 Å². The first-order valence-corrected chi connectivity index (χ1v) is 8.39. The van der Waals surface area contributed by atoms with Crippen LogP contribution in [0.5, 0.6) is 0 Å². The average molecular weight is 356 g/mol. The number of nitrogens with zero attached hydrogens (tertiary/aromatic N) is 1. The molecule has 9 heteroatoms. The second-order valence-corrected chi connectivity index (χ2v) is 5.97. The van der Waals surface area contributed by atoms with Gasteiger partial charge in [0, 0.05) is 24.6 Å². The molecule has 0 aromatic carbocycles. The maximum Gasteiger partial charge on any atom is 0.330 e. The van der Waals surface area contributed by atoms with E-state index in [0.717, 1.165) is 0 Å². The summed E-state index contributed by atoms with van der Waals surface area (Å²) in [6, 6.07) is 1.20. The number of hydrogen-bond donors (Lipinski definition) is 3. The largest absolute Gasteiger partial charge is 0.466 e. The smallest absolute Gasteiger partial charge is 0.330 e. The van der Waals surface area contributed by atoms with Crippen molar-refractivity contribution in [2.45, 2.75) is 51.0 Å². The average Bonchev–Trinajstić information content (AvgIpc) is 2.88. The van der Waals surface area contributed by atoms with Gasteiger partial charge < -0.3 is 19.7 Å². The topological polar surface area (TPSA) is 131 Å². The van der Waals surface area contributed by atoms with Crippen molar-refractivity contribution in [2.24, 2.45) is 5.92 Å². The second kappa shape index (κ2) is 8.93. The van der Waals surface area contributed by atoms with Crippen molar-refractivity contribution in [3.05, 3.63) is 33.1 Å². The fraction of sp³-hybridized carbons (Fsp3) is 0.688. The highest BCUT2D eigenvalue weighted by atomic mass is 16.5. The Morgan fingerprint density at radius 3 is 2.80 bits per heavy atom. The lowest BCUT2D eigenvalue weighted by Crippen LogP contribution is -2.34. The molecular formula is C16H24N2O7. The number of aromatic amines is 1. The van der Waals surface area contributed by atoms with Gasteiger partial charge in [0.15, 0.2) is 0 Å². The predicted molar refractivity (Wildman–Crippen MR) is 86.9 cm³/mol. The van der Waals surface area contributed by atoms with Crippen LogP contribution in [0, 0.1) is 5.92 Å². The zero-order chi connectivity index (χ0) is 18.4. The second-order valence-electron chi connectivity index (χ2n) is 5.97. The standard InChI is InChI=1S/C16H24N2O7/c1-2-24-13(21)6-4-3-5-10-14(22)11(9-19)25-15(10)18-8-7-12(20)17-16(18)23/h7-8,10-11,14-15,19,22H,2-6,9H2,1H3,(H,17,20,23)/t10?,11-,14+,15-/m1/s1. The molecule has 1 aliphatic rings. The van der Waals surface area contributed by atoms with Gasteiger partial charge in [-0.05, 0) is 19.8 Å². The summed E-state index contributed by atoms with van der Waals surface area (Å²) in [6.07, 6.45) is 0.742. The molecule has 25 heavy (non-hydrogen) atoms. The van der Waals surface area contributed by atoms with Gasteiger partial charge in [-0.1, -0.05) is 6.42 Å². The SMILES string of the molecule is CCOC(=O)CCCCC1[C@H](n2ccc(=O)[nH]c2=O)O[C@H](CO)[C@H]1O. The van der Waals surface area contributed by atoms with Gasteiger partial charge in [-0.25, -0.2) is 4.79 Å². The third kappa shape index (κ3) is 4.77. The van der Waals surface area contributed by atoms with Gasteiger partial charge in [-0.2, -0.15) is 0 Å². The number of aliphatic hydroxyl groups is 2. The molecule has 0 radical (unpaired) electrons. The van der Waals surface area contributed by atoms with Crippen molar-refractivity contribution in [3.8, 4) is 0 Å². The van der Waals surface area contributed by atoms with Gasteiger partial charge in [-0.3, -0.25) is 19.1 Å². The number of H-pyrrole nitrogens is 1. The Labute approximate surface area is 144 Å². The molecule has 1 aromatic heterocycles. The summed E-state index contributed by atoms with van der Waals surface area (Å²) >= 11 is 0. The van der Waals surface area contributed by atoms with Crippen LogP contribution < -0.4 is 11.2 Å². The van der Waals surface area contributed by atoms with E-state index in [0.29, 0.717) is 25.9 Å². The number of rotatable bonds is 8. The van der Waals surface area contributed by atoms with E-state index in [2.05, 4.69) is 4.98 Å². The van der Waals surface area contributed by atoms with Gasteiger partial charge in [0.25, 0.3) is 5.56 Å². The Morgan fingerprint density at radius 1 is 1.40 bits per heavy atom. The van der Waals surface area contributed by atoms with Gasteiger partial charge in [-0.15, -0.1) is 0 Å². The molecule has 2 heterocycles. The Bertz CT molecular complexity index is 684. The van der Waals surface area contributed by atoms with Crippen LogP contribution in [0.2, 0.25) is 0 Å². The molecule has 4 atom stereocenters. The highest BCUT2D eigenvalue weighted by Gasteiger charge is 2.44. The summed E-state index contributed by atoms with van der Waals surface area (Å²) in [5.74, 6) is -0.713. The summed E-state index contributed by atoms with van der Waals surface area (Å²) in [7, 11) is 0. The van der Waals surface area contributed by atoms with Crippen LogP contribution in [0.15, 0.2) is 21.9 Å². The quantitative estimate of drug-likeness (QED) is 0.424. The van der Waals surface area contributed by atoms with Crippen LogP contribution >= 0.6 is 0 Å². The van der Waals surface area contributed by atoms with Crippen molar-refractivity contribution in [1.82, 2.24) is 9.55 Å². The van der Waals surface area contributed by atoms with Gasteiger partial charge >= 0.3 is 11.7 Å². The number of carbonyl (C=O) groups is 1. The number of hydrogen-bond acceptors (Lipinski definition) is 7. The van der Waals surface area contributed by atoms with Gasteiger partial charge in [0.1, 0.15) is 12.3 Å². The summed E-state index contributed by atoms with van der Waals surface area (Å²) in [6.45, 7) is 1.70. The van der Waals surface area contributed by atoms with Gasteiger partial charge in [0.05, 0.1) is 19.3 Å². The Kier molecular flexibility index (Phi) is 6.91. The number of ether oxygens (including phenoxy) is 2. The Morgan fingerprint density at radius 2 is 2.16 bits per heavy atom. The number of nitrogens with one attached hydrogen (secondary N) is 1. The molecule has 0 aliphatic carbocycles. The molecule has 9 nitrogen and oxygen atoms in total. The van der Waals surface area contributed by atoms with Crippen LogP contribution in [-0.4, -0.2) is 51.2 Å². The molecule has 140 valence electrons. The zero-order valence-electron chi connectivity index (χ0n) is 14.1. The summed E-state index contributed by atoms with van der Waals surface area (Å²) in [5, 5.41) is 19.7. The Hall–Kier alpha value is -1.97. The van der Waals surface area contributed by atoms with E-state index in [1.165, 1.54) is 16.8 Å². The number of aromatic nitrogens is 2. The minimum atomic E-state index is -0.948. The van der Waals surface area contributed by atoms with Crippen LogP contribution in [-0.2, 0) is 14.3 Å². The maximum atomic E-state index is 12.0. The fourth-order valence-corrected chi connectivity index (χ4v) is 3.05. The molecule has 1 unspecified atom stereocenters. The molecule has 0 spiro atoms. The molecule has 2 rings (SSSR count). The molecule has 0 bridgehead atoms. The van der Waals surface area contributed by atoms with Crippen LogP contribution in [0.1, 0.15) is 38.8 Å². The van der Waals surface area contributed by atoms with Crippen molar-refractivity contribution >= 4 is 5.97 Å². The van der Waals surface area contributed by atoms with Crippen LogP contribution in [0.3, 0.4) is 0 Å². The van der Waals surface area contributed by atoms with Crippen LogP contribution in [0.4, 0.5) is 0 Å². The number of unbranched alkanes of at least 4 members (excludes halogenated alkanes) is 1. The lowest BCUT2D eigenvalue weighted by molar-refractivity contribution is -0.143. The first kappa shape index (κ1) is 19.4.